The fraction of sp³-hybridized carbons (Fsp3) is 0.276. The first kappa shape index (κ1) is 25.7. The van der Waals surface area contributed by atoms with Gasteiger partial charge in [-0.3, -0.25) is 4.79 Å². The molecule has 0 bridgehead atoms. The van der Waals surface area contributed by atoms with Crippen LogP contribution in [0.5, 0.6) is 0 Å². The minimum absolute atomic E-state index is 0.118. The largest absolute Gasteiger partial charge is 0.466 e. The average Bonchev–Trinajstić information content (AvgIpc) is 3.50. The van der Waals surface area contributed by atoms with Crippen molar-refractivity contribution in [1.29, 1.82) is 0 Å². The van der Waals surface area contributed by atoms with Crippen molar-refractivity contribution in [2.45, 2.75) is 37.8 Å². The Balaban J connectivity index is 1.60. The summed E-state index contributed by atoms with van der Waals surface area (Å²) in [5.74, 6) is 0.588. The van der Waals surface area contributed by atoms with Gasteiger partial charge in [-0.1, -0.05) is 30.3 Å². The lowest BCUT2D eigenvalue weighted by Gasteiger charge is -2.31. The maximum atomic E-state index is 13.7. The van der Waals surface area contributed by atoms with E-state index in [4.69, 9.17) is 9.84 Å². The Hall–Kier alpha value is -3.98. The summed E-state index contributed by atoms with van der Waals surface area (Å²) in [6, 6.07) is 21.8. The number of thioether (sulfide) groups is 1. The molecule has 1 N–H and O–H groups in total. The van der Waals surface area contributed by atoms with E-state index in [2.05, 4.69) is 40.2 Å². The molecule has 0 aliphatic carbocycles. The molecule has 2 aromatic carbocycles. The van der Waals surface area contributed by atoms with Gasteiger partial charge in [0, 0.05) is 23.2 Å². The lowest BCUT2D eigenvalue weighted by Crippen LogP contribution is -2.42. The van der Waals surface area contributed by atoms with Crippen molar-refractivity contribution < 1.29 is 14.3 Å². The fourth-order valence-electron chi connectivity index (χ4n) is 4.89. The highest BCUT2D eigenvalue weighted by Gasteiger charge is 2.35. The minimum atomic E-state index is -0.348. The number of hydrogen-bond acceptors (Lipinski definition) is 5. The third-order valence-electron chi connectivity index (χ3n) is 6.69. The maximum absolute atomic E-state index is 13.7. The van der Waals surface area contributed by atoms with Crippen molar-refractivity contribution in [3.8, 4) is 11.5 Å². The van der Waals surface area contributed by atoms with Gasteiger partial charge in [0.2, 0.25) is 0 Å². The molecule has 196 valence electrons. The second-order valence-corrected chi connectivity index (χ2v) is 9.91. The van der Waals surface area contributed by atoms with Crippen LogP contribution < -0.4 is 5.32 Å². The molecule has 3 heterocycles. The molecule has 4 aromatic rings. The quantitative estimate of drug-likeness (QED) is 0.261. The zero-order valence-electron chi connectivity index (χ0n) is 21.8. The first-order valence-electron chi connectivity index (χ1n) is 12.7. The van der Waals surface area contributed by atoms with E-state index < -0.39 is 0 Å². The third kappa shape index (κ3) is 4.93. The lowest BCUT2D eigenvalue weighted by atomic mass is 10.0. The third-order valence-corrected chi connectivity index (χ3v) is 7.43. The van der Waals surface area contributed by atoms with Crippen molar-refractivity contribution in [1.82, 2.24) is 24.6 Å². The van der Waals surface area contributed by atoms with Gasteiger partial charge in [0.1, 0.15) is 5.82 Å². The highest BCUT2D eigenvalue weighted by molar-refractivity contribution is 7.98. The number of fused-ring (bicyclic) bond motifs is 3. The number of nitrogens with one attached hydrogen (secondary N) is 1. The van der Waals surface area contributed by atoms with Crippen LogP contribution in [0.4, 0.5) is 4.79 Å². The predicted molar refractivity (Wildman–Crippen MR) is 148 cm³/mol. The monoisotopic (exact) mass is 529 g/mol. The molecule has 2 aromatic heterocycles. The van der Waals surface area contributed by atoms with Gasteiger partial charge in [-0.05, 0) is 62.1 Å². The number of urea groups is 1. The topological polar surface area (TPSA) is 81.4 Å². The SMILES string of the molecule is CCOC(=O)CCNC(=O)N1Cc2c(C)nn(-c3ccccc3)c2-n2cccc2[C@H]1c1ccc(SC)cc1. The van der Waals surface area contributed by atoms with Gasteiger partial charge in [0.05, 0.1) is 42.7 Å². The Bertz CT molecular complexity index is 1430. The number of esters is 1. The Morgan fingerprint density at radius 2 is 1.84 bits per heavy atom. The zero-order valence-corrected chi connectivity index (χ0v) is 22.6. The van der Waals surface area contributed by atoms with Crippen LogP contribution in [-0.4, -0.2) is 50.7 Å². The molecule has 1 atom stereocenters. The van der Waals surface area contributed by atoms with Gasteiger partial charge in [-0.15, -0.1) is 11.8 Å². The number of carbonyl (C=O) groups excluding carboxylic acids is 2. The van der Waals surface area contributed by atoms with E-state index in [9.17, 15) is 9.59 Å². The van der Waals surface area contributed by atoms with Crippen LogP contribution >= 0.6 is 11.8 Å². The van der Waals surface area contributed by atoms with E-state index in [1.54, 1.807) is 18.7 Å². The number of rotatable bonds is 7. The number of nitrogens with zero attached hydrogens (tertiary/aromatic N) is 4. The van der Waals surface area contributed by atoms with E-state index >= 15 is 0 Å². The Morgan fingerprint density at radius 3 is 2.55 bits per heavy atom. The minimum Gasteiger partial charge on any atom is -0.466 e. The molecular weight excluding hydrogens is 498 g/mol. The Morgan fingerprint density at radius 1 is 1.08 bits per heavy atom. The molecule has 0 saturated carbocycles. The second-order valence-electron chi connectivity index (χ2n) is 9.03. The molecule has 0 unspecified atom stereocenters. The van der Waals surface area contributed by atoms with Gasteiger partial charge in [-0.2, -0.15) is 5.10 Å². The van der Waals surface area contributed by atoms with E-state index in [0.717, 1.165) is 38.9 Å². The van der Waals surface area contributed by atoms with Crippen LogP contribution in [0.25, 0.3) is 11.5 Å². The highest BCUT2D eigenvalue weighted by Crippen LogP contribution is 2.38. The predicted octanol–water partition coefficient (Wildman–Crippen LogP) is 5.26. The summed E-state index contributed by atoms with van der Waals surface area (Å²) in [6.45, 7) is 4.62. The number of para-hydroxylation sites is 1. The van der Waals surface area contributed by atoms with E-state index in [0.29, 0.717) is 13.2 Å². The molecule has 5 rings (SSSR count). The standard InChI is InChI=1S/C29H31N5O3S/c1-4-37-26(35)16-17-30-29(36)33-19-24-20(2)31-34(22-9-6-5-7-10-22)28(24)32-18-8-11-25(32)27(33)21-12-14-23(38-3)15-13-21/h5-15,18,27H,4,16-17,19H2,1-3H3,(H,30,36)/t27-/m1/s1. The van der Waals surface area contributed by atoms with Crippen LogP contribution in [0.3, 0.4) is 0 Å². The van der Waals surface area contributed by atoms with Crippen LogP contribution in [0.1, 0.15) is 41.9 Å². The molecule has 9 heteroatoms. The van der Waals surface area contributed by atoms with Crippen LogP contribution in [0.2, 0.25) is 0 Å². The summed E-state index contributed by atoms with van der Waals surface area (Å²) in [6.07, 6.45) is 4.19. The Labute approximate surface area is 226 Å². The van der Waals surface area contributed by atoms with Gasteiger partial charge < -0.3 is 19.5 Å². The van der Waals surface area contributed by atoms with Crippen LogP contribution in [0, 0.1) is 6.92 Å². The first-order chi connectivity index (χ1) is 18.5. The van der Waals surface area contributed by atoms with Gasteiger partial charge in [0.15, 0.2) is 0 Å². The molecule has 2 amide bonds. The van der Waals surface area contributed by atoms with Crippen LogP contribution in [0.15, 0.2) is 77.8 Å². The number of amides is 2. The summed E-state index contributed by atoms with van der Waals surface area (Å²) < 4.78 is 9.11. The fourth-order valence-corrected chi connectivity index (χ4v) is 5.30. The zero-order chi connectivity index (χ0) is 26.6. The molecule has 0 radical (unpaired) electrons. The van der Waals surface area contributed by atoms with Crippen molar-refractivity contribution in [2.75, 3.05) is 19.4 Å². The Kier molecular flexibility index (Phi) is 7.55. The first-order valence-corrected chi connectivity index (χ1v) is 13.9. The second kappa shape index (κ2) is 11.2. The number of aryl methyl sites for hydroxylation is 1. The summed E-state index contributed by atoms with van der Waals surface area (Å²) in [5, 5.41) is 7.83. The van der Waals surface area contributed by atoms with E-state index in [-0.39, 0.29) is 31.0 Å². The molecule has 0 spiro atoms. The average molecular weight is 530 g/mol. The molecule has 8 nitrogen and oxygen atoms in total. The number of benzene rings is 2. The number of ether oxygens (including phenoxy) is 1. The van der Waals surface area contributed by atoms with Crippen molar-refractivity contribution in [3.63, 3.8) is 0 Å². The molecular formula is C29H31N5O3S. The van der Waals surface area contributed by atoms with Crippen molar-refractivity contribution >= 4 is 23.8 Å². The highest BCUT2D eigenvalue weighted by atomic mass is 32.2. The smallest absolute Gasteiger partial charge is 0.318 e. The van der Waals surface area contributed by atoms with Gasteiger partial charge in [0.25, 0.3) is 0 Å². The number of hydrogen-bond donors (Lipinski definition) is 1. The van der Waals surface area contributed by atoms with E-state index in [1.807, 2.05) is 65.4 Å². The maximum Gasteiger partial charge on any atom is 0.318 e. The van der Waals surface area contributed by atoms with Crippen LogP contribution in [-0.2, 0) is 16.1 Å². The molecule has 1 aliphatic heterocycles. The molecule has 38 heavy (non-hydrogen) atoms. The summed E-state index contributed by atoms with van der Waals surface area (Å²) in [4.78, 5) is 28.6. The molecule has 1 aliphatic rings. The van der Waals surface area contributed by atoms with E-state index in [1.165, 1.54) is 0 Å². The molecule has 0 saturated heterocycles. The number of aromatic nitrogens is 3. The van der Waals surface area contributed by atoms with Gasteiger partial charge in [-0.25, -0.2) is 9.48 Å². The van der Waals surface area contributed by atoms with Gasteiger partial charge >= 0.3 is 12.0 Å². The lowest BCUT2D eigenvalue weighted by molar-refractivity contribution is -0.142. The van der Waals surface area contributed by atoms with Crippen molar-refractivity contribution in [2.24, 2.45) is 0 Å². The normalized spacial score (nSPS) is 14.4. The summed E-state index contributed by atoms with van der Waals surface area (Å²) in [5.41, 5.74) is 4.73. The van der Waals surface area contributed by atoms with Crippen molar-refractivity contribution in [3.05, 3.63) is 95.4 Å². The number of carbonyl (C=O) groups is 2. The summed E-state index contributed by atoms with van der Waals surface area (Å²) in [7, 11) is 0. The molecule has 0 fully saturated rings. The summed E-state index contributed by atoms with van der Waals surface area (Å²) >= 11 is 1.68.